The highest BCUT2D eigenvalue weighted by Gasteiger charge is 2.23. The molecule has 4 rings (SSSR count). The molecule has 0 atom stereocenters. The normalized spacial score (nSPS) is 14.1. The van der Waals surface area contributed by atoms with Crippen molar-refractivity contribution in [3.05, 3.63) is 54.1 Å². The lowest BCUT2D eigenvalue weighted by atomic mass is 10.2. The smallest absolute Gasteiger partial charge is 0.228 e. The topological polar surface area (TPSA) is 89.2 Å². The largest absolute Gasteiger partial charge is 0.435 e. The first-order chi connectivity index (χ1) is 14.5. The number of benzene rings is 1. The maximum atomic E-state index is 14.6. The van der Waals surface area contributed by atoms with Crippen LogP contribution in [0.25, 0.3) is 11.3 Å². The zero-order chi connectivity index (χ0) is 21.1. The van der Waals surface area contributed by atoms with E-state index in [4.69, 9.17) is 10.5 Å². The van der Waals surface area contributed by atoms with Gasteiger partial charge in [-0.1, -0.05) is 0 Å². The molecule has 0 saturated carbocycles. The maximum absolute atomic E-state index is 14.6. The van der Waals surface area contributed by atoms with Crippen molar-refractivity contribution in [2.75, 3.05) is 23.5 Å². The van der Waals surface area contributed by atoms with Crippen LogP contribution >= 0.6 is 12.1 Å². The predicted octanol–water partition coefficient (Wildman–Crippen LogP) is 4.40. The maximum Gasteiger partial charge on any atom is 0.228 e. The van der Waals surface area contributed by atoms with E-state index < -0.39 is 28.9 Å². The second-order valence-corrected chi connectivity index (χ2v) is 7.35. The van der Waals surface area contributed by atoms with Crippen LogP contribution in [0.15, 0.2) is 36.7 Å². The van der Waals surface area contributed by atoms with Gasteiger partial charge < -0.3 is 15.2 Å². The molecular formula is C19H17F3N6OS. The van der Waals surface area contributed by atoms with E-state index in [1.54, 1.807) is 18.2 Å². The van der Waals surface area contributed by atoms with Gasteiger partial charge in [0.25, 0.3) is 0 Å². The highest BCUT2D eigenvalue weighted by Crippen LogP contribution is 2.36. The van der Waals surface area contributed by atoms with Crippen molar-refractivity contribution >= 4 is 23.8 Å². The van der Waals surface area contributed by atoms with E-state index in [0.717, 1.165) is 44.1 Å². The molecule has 7 nitrogen and oxygen atoms in total. The number of nitrogen functional groups attached to an aromatic ring is 1. The van der Waals surface area contributed by atoms with Crippen LogP contribution in [0.2, 0.25) is 0 Å². The van der Waals surface area contributed by atoms with Gasteiger partial charge in [-0.25, -0.2) is 28.0 Å². The summed E-state index contributed by atoms with van der Waals surface area (Å²) in [6.07, 6.45) is 4.85. The number of nitrogens with one attached hydrogen (secondary N) is 1. The second kappa shape index (κ2) is 8.76. The standard InChI is InChI=1S/C19H17F3N6OS/c20-12-10-14(15(21)16(22)17(12)27-30-28-8-1-2-9-28)29-18-11(4-3-6-24-18)13-5-7-25-19(23)26-13/h3-7,10,27H,1-2,8-9H2,(H2,23,25,26). The molecule has 2 aromatic heterocycles. The first-order valence-electron chi connectivity index (χ1n) is 9.10. The average Bonchev–Trinajstić information content (AvgIpc) is 3.26. The monoisotopic (exact) mass is 434 g/mol. The first-order valence-corrected chi connectivity index (χ1v) is 9.87. The van der Waals surface area contributed by atoms with Gasteiger partial charge in [-0.3, -0.25) is 0 Å². The molecule has 0 bridgehead atoms. The Bertz CT molecular complexity index is 1060. The van der Waals surface area contributed by atoms with Crippen molar-refractivity contribution in [3.8, 4) is 22.9 Å². The molecule has 3 heterocycles. The molecular weight excluding hydrogens is 417 g/mol. The molecule has 30 heavy (non-hydrogen) atoms. The highest BCUT2D eigenvalue weighted by molar-refractivity contribution is 7.98. The van der Waals surface area contributed by atoms with Crippen molar-refractivity contribution in [1.29, 1.82) is 0 Å². The van der Waals surface area contributed by atoms with E-state index in [1.165, 1.54) is 12.4 Å². The fourth-order valence-corrected chi connectivity index (χ4v) is 3.77. The fraction of sp³-hybridized carbons (Fsp3) is 0.211. The van der Waals surface area contributed by atoms with Crippen LogP contribution in [0.1, 0.15) is 12.8 Å². The number of hydrogen-bond acceptors (Lipinski definition) is 8. The molecule has 0 spiro atoms. The molecule has 1 aromatic carbocycles. The summed E-state index contributed by atoms with van der Waals surface area (Å²) in [5.74, 6) is -4.39. The minimum absolute atomic E-state index is 0.0245. The average molecular weight is 434 g/mol. The Labute approximate surface area is 174 Å². The first kappa shape index (κ1) is 20.2. The lowest BCUT2D eigenvalue weighted by Crippen LogP contribution is -2.13. The quantitative estimate of drug-likeness (QED) is 0.436. The number of nitrogens with two attached hydrogens (primary N) is 1. The predicted molar refractivity (Wildman–Crippen MR) is 108 cm³/mol. The number of anilines is 2. The Kier molecular flexibility index (Phi) is 5.91. The Morgan fingerprint density at radius 3 is 2.63 bits per heavy atom. The van der Waals surface area contributed by atoms with Crippen LogP contribution in [0, 0.1) is 17.5 Å². The van der Waals surface area contributed by atoms with E-state index in [0.29, 0.717) is 11.3 Å². The number of nitrogens with zero attached hydrogens (tertiary/aromatic N) is 4. The van der Waals surface area contributed by atoms with Gasteiger partial charge in [0.1, 0.15) is 5.69 Å². The van der Waals surface area contributed by atoms with Crippen molar-refractivity contribution in [1.82, 2.24) is 19.3 Å². The van der Waals surface area contributed by atoms with Crippen molar-refractivity contribution in [2.24, 2.45) is 0 Å². The summed E-state index contributed by atoms with van der Waals surface area (Å²) >= 11 is 1.04. The summed E-state index contributed by atoms with van der Waals surface area (Å²) in [6.45, 7) is 1.58. The van der Waals surface area contributed by atoms with E-state index in [-0.39, 0.29) is 11.8 Å². The summed E-state index contributed by atoms with van der Waals surface area (Å²) in [5.41, 5.74) is 5.76. The Morgan fingerprint density at radius 1 is 1.07 bits per heavy atom. The van der Waals surface area contributed by atoms with Crippen LogP contribution in [-0.2, 0) is 0 Å². The molecule has 0 aliphatic carbocycles. The fourth-order valence-electron chi connectivity index (χ4n) is 2.93. The van der Waals surface area contributed by atoms with E-state index >= 15 is 0 Å². The molecule has 0 radical (unpaired) electrons. The van der Waals surface area contributed by atoms with E-state index in [9.17, 15) is 13.2 Å². The summed E-state index contributed by atoms with van der Waals surface area (Å²) < 4.78 is 53.5. The summed E-state index contributed by atoms with van der Waals surface area (Å²) in [4.78, 5) is 11.9. The molecule has 0 amide bonds. The third-order valence-corrected chi connectivity index (χ3v) is 5.31. The molecule has 3 aromatic rings. The second-order valence-electron chi connectivity index (χ2n) is 6.45. The Morgan fingerprint density at radius 2 is 1.87 bits per heavy atom. The molecule has 1 aliphatic rings. The van der Waals surface area contributed by atoms with Gasteiger partial charge in [-0.15, -0.1) is 0 Å². The van der Waals surface area contributed by atoms with E-state index in [1.807, 2.05) is 4.31 Å². The zero-order valence-electron chi connectivity index (χ0n) is 15.6. The SMILES string of the molecule is Nc1nccc(-c2cccnc2Oc2cc(F)c(NSN3CCCC3)c(F)c2F)n1. The lowest BCUT2D eigenvalue weighted by Gasteiger charge is -2.16. The van der Waals surface area contributed by atoms with E-state index in [2.05, 4.69) is 19.7 Å². The molecule has 1 fully saturated rings. The molecule has 1 aliphatic heterocycles. The Balaban J connectivity index is 1.61. The van der Waals surface area contributed by atoms with Gasteiger partial charge in [-0.2, -0.15) is 4.39 Å². The minimum atomic E-state index is -1.37. The third kappa shape index (κ3) is 4.26. The van der Waals surface area contributed by atoms with Crippen molar-refractivity contribution < 1.29 is 17.9 Å². The summed E-state index contributed by atoms with van der Waals surface area (Å²) in [5, 5.41) is 0. The van der Waals surface area contributed by atoms with Crippen LogP contribution < -0.4 is 15.2 Å². The molecule has 0 unspecified atom stereocenters. The van der Waals surface area contributed by atoms with Gasteiger partial charge in [-0.05, 0) is 31.0 Å². The van der Waals surface area contributed by atoms with Crippen LogP contribution in [-0.4, -0.2) is 32.3 Å². The number of pyridine rings is 1. The molecule has 156 valence electrons. The summed E-state index contributed by atoms with van der Waals surface area (Å²) in [7, 11) is 0. The number of aromatic nitrogens is 3. The van der Waals surface area contributed by atoms with Gasteiger partial charge in [0, 0.05) is 43.7 Å². The summed E-state index contributed by atoms with van der Waals surface area (Å²) in [6, 6.07) is 5.55. The van der Waals surface area contributed by atoms with Gasteiger partial charge in [0.05, 0.1) is 11.3 Å². The van der Waals surface area contributed by atoms with Crippen LogP contribution in [0.4, 0.5) is 24.8 Å². The lowest BCUT2D eigenvalue weighted by molar-refractivity contribution is 0.401. The number of halogens is 3. The van der Waals surface area contributed by atoms with Crippen LogP contribution in [0.5, 0.6) is 11.6 Å². The molecule has 3 N–H and O–H groups in total. The molecule has 1 saturated heterocycles. The van der Waals surface area contributed by atoms with Crippen molar-refractivity contribution in [2.45, 2.75) is 12.8 Å². The van der Waals surface area contributed by atoms with Gasteiger partial charge in [0.2, 0.25) is 17.6 Å². The van der Waals surface area contributed by atoms with Crippen molar-refractivity contribution in [3.63, 3.8) is 0 Å². The zero-order valence-corrected chi connectivity index (χ0v) is 16.4. The number of hydrogen-bond donors (Lipinski definition) is 2. The highest BCUT2D eigenvalue weighted by atomic mass is 32.2. The third-order valence-electron chi connectivity index (χ3n) is 4.39. The van der Waals surface area contributed by atoms with Crippen LogP contribution in [0.3, 0.4) is 0 Å². The number of rotatable bonds is 6. The minimum Gasteiger partial charge on any atom is -0.435 e. The Hall–Kier alpha value is -3.05. The van der Waals surface area contributed by atoms with Gasteiger partial charge >= 0.3 is 0 Å². The number of ether oxygens (including phenoxy) is 1. The molecule has 11 heteroatoms. The van der Waals surface area contributed by atoms with Gasteiger partial charge in [0.15, 0.2) is 17.4 Å².